The maximum absolute atomic E-state index is 13.1. The SMILES string of the molecule is CCCCOc1ccc(C2C(C(=O)OC(C)C)=C(C)Nc3nc(SCCC)nn32)cc1OC. The summed E-state index contributed by atoms with van der Waals surface area (Å²) in [5.74, 6) is 2.42. The van der Waals surface area contributed by atoms with Gasteiger partial charge in [0.2, 0.25) is 11.1 Å². The van der Waals surface area contributed by atoms with Crippen molar-refractivity contribution in [1.29, 1.82) is 0 Å². The number of carbonyl (C=O) groups excluding carboxylic acids is 1. The van der Waals surface area contributed by atoms with E-state index in [9.17, 15) is 4.79 Å². The third-order valence-corrected chi connectivity index (χ3v) is 6.13. The highest BCUT2D eigenvalue weighted by Gasteiger charge is 2.36. The number of esters is 1. The lowest BCUT2D eigenvalue weighted by atomic mass is 9.95. The van der Waals surface area contributed by atoms with E-state index in [0.29, 0.717) is 40.5 Å². The highest BCUT2D eigenvalue weighted by molar-refractivity contribution is 7.99. The van der Waals surface area contributed by atoms with Crippen molar-refractivity contribution in [2.24, 2.45) is 0 Å². The number of anilines is 1. The Bertz CT molecular complexity index is 1000. The van der Waals surface area contributed by atoms with Crippen LogP contribution in [0.25, 0.3) is 0 Å². The van der Waals surface area contributed by atoms with E-state index >= 15 is 0 Å². The summed E-state index contributed by atoms with van der Waals surface area (Å²) in [6.45, 7) is 10.4. The summed E-state index contributed by atoms with van der Waals surface area (Å²) in [5, 5.41) is 8.63. The minimum absolute atomic E-state index is 0.241. The molecule has 1 aliphatic rings. The van der Waals surface area contributed by atoms with Gasteiger partial charge in [-0.1, -0.05) is 38.1 Å². The molecule has 1 atom stereocenters. The van der Waals surface area contributed by atoms with Crippen molar-refractivity contribution in [1.82, 2.24) is 14.8 Å². The molecule has 1 aromatic carbocycles. The fourth-order valence-corrected chi connectivity index (χ4v) is 4.22. The molecule has 0 saturated heterocycles. The lowest BCUT2D eigenvalue weighted by Gasteiger charge is -2.29. The van der Waals surface area contributed by atoms with Crippen LogP contribution in [-0.2, 0) is 9.53 Å². The van der Waals surface area contributed by atoms with E-state index in [1.807, 2.05) is 39.0 Å². The van der Waals surface area contributed by atoms with Crippen molar-refractivity contribution in [3.63, 3.8) is 0 Å². The number of fused-ring (bicyclic) bond motifs is 1. The molecule has 2 aromatic rings. The van der Waals surface area contributed by atoms with Crippen LogP contribution in [0.3, 0.4) is 0 Å². The van der Waals surface area contributed by atoms with E-state index in [0.717, 1.165) is 30.6 Å². The molecular weight excluding hydrogens is 440 g/mol. The average Bonchev–Trinajstić information content (AvgIpc) is 3.18. The van der Waals surface area contributed by atoms with Gasteiger partial charge in [0.05, 0.1) is 25.4 Å². The number of allylic oxidation sites excluding steroid dienone is 1. The van der Waals surface area contributed by atoms with E-state index in [4.69, 9.17) is 19.3 Å². The van der Waals surface area contributed by atoms with Crippen LogP contribution in [0.15, 0.2) is 34.6 Å². The van der Waals surface area contributed by atoms with Gasteiger partial charge in [-0.25, -0.2) is 9.48 Å². The van der Waals surface area contributed by atoms with E-state index in [1.165, 1.54) is 0 Å². The minimum Gasteiger partial charge on any atom is -0.493 e. The average molecular weight is 475 g/mol. The Morgan fingerprint density at radius 3 is 2.70 bits per heavy atom. The first kappa shape index (κ1) is 25.0. The second-order valence-electron chi connectivity index (χ2n) is 8.14. The predicted octanol–water partition coefficient (Wildman–Crippen LogP) is 5.21. The smallest absolute Gasteiger partial charge is 0.338 e. The lowest BCUT2D eigenvalue weighted by molar-refractivity contribution is -0.143. The van der Waals surface area contributed by atoms with Crippen LogP contribution >= 0.6 is 11.8 Å². The third kappa shape index (κ3) is 5.82. The van der Waals surface area contributed by atoms with E-state index in [1.54, 1.807) is 23.6 Å². The van der Waals surface area contributed by atoms with Crippen LogP contribution in [0, 0.1) is 0 Å². The molecule has 3 rings (SSSR count). The molecule has 1 aromatic heterocycles. The lowest BCUT2D eigenvalue weighted by Crippen LogP contribution is -2.30. The van der Waals surface area contributed by atoms with Crippen molar-refractivity contribution in [3.8, 4) is 11.5 Å². The summed E-state index contributed by atoms with van der Waals surface area (Å²) in [6.07, 6.45) is 2.79. The van der Waals surface area contributed by atoms with Crippen molar-refractivity contribution in [2.75, 3.05) is 24.8 Å². The van der Waals surface area contributed by atoms with Gasteiger partial charge < -0.3 is 19.5 Å². The molecule has 2 heterocycles. The first-order chi connectivity index (χ1) is 15.9. The van der Waals surface area contributed by atoms with Gasteiger partial charge in [0.1, 0.15) is 6.04 Å². The monoisotopic (exact) mass is 474 g/mol. The number of ether oxygens (including phenoxy) is 3. The first-order valence-electron chi connectivity index (χ1n) is 11.5. The van der Waals surface area contributed by atoms with Crippen molar-refractivity contribution >= 4 is 23.7 Å². The number of aromatic nitrogens is 3. The number of methoxy groups -OCH3 is 1. The van der Waals surface area contributed by atoms with Crippen LogP contribution in [0.5, 0.6) is 11.5 Å². The molecule has 1 aliphatic heterocycles. The maximum atomic E-state index is 13.1. The number of rotatable bonds is 11. The largest absolute Gasteiger partial charge is 0.493 e. The molecule has 33 heavy (non-hydrogen) atoms. The number of hydrogen-bond donors (Lipinski definition) is 1. The Morgan fingerprint density at radius 2 is 2.03 bits per heavy atom. The quantitative estimate of drug-likeness (QED) is 0.270. The number of benzene rings is 1. The van der Waals surface area contributed by atoms with Crippen LogP contribution in [0.4, 0.5) is 5.95 Å². The number of nitrogens with zero attached hydrogens (tertiary/aromatic N) is 3. The van der Waals surface area contributed by atoms with Crippen molar-refractivity contribution in [2.45, 2.75) is 71.2 Å². The normalized spacial score (nSPS) is 15.3. The molecule has 180 valence electrons. The van der Waals surface area contributed by atoms with Crippen molar-refractivity contribution in [3.05, 3.63) is 35.0 Å². The van der Waals surface area contributed by atoms with Gasteiger partial charge in [-0.3, -0.25) is 0 Å². The Morgan fingerprint density at radius 1 is 1.24 bits per heavy atom. The Hall–Kier alpha value is -2.68. The molecule has 0 bridgehead atoms. The third-order valence-electron chi connectivity index (χ3n) is 5.09. The summed E-state index contributed by atoms with van der Waals surface area (Å²) < 4.78 is 18.9. The van der Waals surface area contributed by atoms with Gasteiger partial charge in [0.25, 0.3) is 0 Å². The van der Waals surface area contributed by atoms with Crippen LogP contribution in [-0.4, -0.2) is 46.3 Å². The molecule has 0 amide bonds. The zero-order valence-corrected chi connectivity index (χ0v) is 21.1. The Kier molecular flexibility index (Phi) is 8.66. The second kappa shape index (κ2) is 11.4. The number of carbonyl (C=O) groups is 1. The van der Waals surface area contributed by atoms with Crippen LogP contribution in [0.2, 0.25) is 0 Å². The number of hydrogen-bond acceptors (Lipinski definition) is 8. The van der Waals surface area contributed by atoms with Gasteiger partial charge in [-0.15, -0.1) is 5.10 Å². The summed E-state index contributed by atoms with van der Waals surface area (Å²) in [6, 6.07) is 5.22. The highest BCUT2D eigenvalue weighted by Crippen LogP contribution is 2.40. The minimum atomic E-state index is -0.505. The fourth-order valence-electron chi connectivity index (χ4n) is 3.54. The first-order valence-corrected chi connectivity index (χ1v) is 12.5. The molecule has 8 nitrogen and oxygen atoms in total. The molecule has 0 fully saturated rings. The fraction of sp³-hybridized carbons (Fsp3) is 0.542. The van der Waals surface area contributed by atoms with E-state index in [-0.39, 0.29) is 12.1 Å². The molecule has 9 heteroatoms. The molecule has 0 aliphatic carbocycles. The van der Waals surface area contributed by atoms with Gasteiger partial charge in [-0.2, -0.15) is 4.98 Å². The van der Waals surface area contributed by atoms with Crippen molar-refractivity contribution < 1.29 is 19.0 Å². The summed E-state index contributed by atoms with van der Waals surface area (Å²) in [5.41, 5.74) is 2.03. The standard InChI is InChI=1S/C24H34N4O4S/c1-7-9-12-31-18-11-10-17(14-19(18)30-6)21-20(22(29)32-15(3)4)16(5)25-23-26-24(27-28(21)23)33-13-8-2/h10-11,14-15,21H,7-9,12-13H2,1-6H3,(H,25,26,27). The van der Waals surface area contributed by atoms with Gasteiger partial charge >= 0.3 is 5.97 Å². The van der Waals surface area contributed by atoms with Crippen LogP contribution < -0.4 is 14.8 Å². The summed E-state index contributed by atoms with van der Waals surface area (Å²) in [4.78, 5) is 17.8. The number of unbranched alkanes of at least 4 members (excludes halogenated alkanes) is 1. The Balaban J connectivity index is 2.06. The predicted molar refractivity (Wildman–Crippen MR) is 130 cm³/mol. The maximum Gasteiger partial charge on any atom is 0.338 e. The Labute approximate surface area is 200 Å². The van der Waals surface area contributed by atoms with Gasteiger partial charge in [0.15, 0.2) is 11.5 Å². The zero-order valence-electron chi connectivity index (χ0n) is 20.3. The molecule has 0 radical (unpaired) electrons. The van der Waals surface area contributed by atoms with E-state index < -0.39 is 6.04 Å². The molecule has 0 spiro atoms. The summed E-state index contributed by atoms with van der Waals surface area (Å²) in [7, 11) is 1.61. The van der Waals surface area contributed by atoms with Crippen LogP contribution in [0.1, 0.15) is 65.5 Å². The molecular formula is C24H34N4O4S. The van der Waals surface area contributed by atoms with E-state index in [2.05, 4.69) is 24.1 Å². The molecule has 0 saturated carbocycles. The van der Waals surface area contributed by atoms with Gasteiger partial charge in [0, 0.05) is 11.4 Å². The topological polar surface area (TPSA) is 87.5 Å². The number of thioether (sulfide) groups is 1. The number of nitrogens with one attached hydrogen (secondary N) is 1. The summed E-state index contributed by atoms with van der Waals surface area (Å²) >= 11 is 1.59. The second-order valence-corrected chi connectivity index (χ2v) is 9.21. The highest BCUT2D eigenvalue weighted by atomic mass is 32.2. The molecule has 1 unspecified atom stereocenters. The zero-order chi connectivity index (χ0) is 24.0. The van der Waals surface area contributed by atoms with Gasteiger partial charge in [-0.05, 0) is 51.3 Å². The molecule has 1 N–H and O–H groups in total.